The first-order chi connectivity index (χ1) is 7.24. The van der Waals surface area contributed by atoms with Crippen LogP contribution in [0.25, 0.3) is 21.0 Å². The molecule has 0 unspecified atom stereocenters. The molecule has 3 rings (SSSR count). The summed E-state index contributed by atoms with van der Waals surface area (Å²) in [5.74, 6) is 0. The molecular weight excluding hydrogens is 270 g/mol. The Morgan fingerprint density at radius 2 is 2.00 bits per heavy atom. The van der Waals surface area contributed by atoms with E-state index >= 15 is 0 Å². The molecule has 3 aromatic rings. The Balaban J connectivity index is 2.56. The summed E-state index contributed by atoms with van der Waals surface area (Å²) in [4.78, 5) is 4.58. The minimum Gasteiger partial charge on any atom is -0.241 e. The molecule has 0 aliphatic heterocycles. The van der Waals surface area contributed by atoms with Crippen molar-refractivity contribution in [1.82, 2.24) is 4.98 Å². The number of benzene rings is 2. The third-order valence-corrected chi connectivity index (χ3v) is 3.87. The molecule has 0 saturated heterocycles. The van der Waals surface area contributed by atoms with Crippen molar-refractivity contribution in [2.24, 2.45) is 0 Å². The van der Waals surface area contributed by atoms with Gasteiger partial charge in [-0.2, -0.15) is 0 Å². The Kier molecular flexibility index (Phi) is 2.04. The van der Waals surface area contributed by atoms with Gasteiger partial charge in [-0.3, -0.25) is 0 Å². The lowest BCUT2D eigenvalue weighted by Gasteiger charge is -1.98. The van der Waals surface area contributed by atoms with Crippen LogP contribution in [0.5, 0.6) is 0 Å². The number of hydrogen-bond acceptors (Lipinski definition) is 2. The summed E-state index contributed by atoms with van der Waals surface area (Å²) in [7, 11) is 0. The van der Waals surface area contributed by atoms with Gasteiger partial charge in [-0.25, -0.2) is 4.98 Å². The summed E-state index contributed by atoms with van der Waals surface area (Å²) in [5, 5.41) is 3.60. The molecule has 0 aliphatic rings. The van der Waals surface area contributed by atoms with Crippen molar-refractivity contribution in [3.63, 3.8) is 0 Å². The Morgan fingerprint density at radius 1 is 1.20 bits per heavy atom. The van der Waals surface area contributed by atoms with E-state index in [9.17, 15) is 0 Å². The first-order valence-electron chi connectivity index (χ1n) is 4.69. The van der Waals surface area contributed by atoms with Crippen molar-refractivity contribution < 1.29 is 0 Å². The van der Waals surface area contributed by atoms with Crippen LogP contribution < -0.4 is 0 Å². The monoisotopic (exact) mass is 277 g/mol. The summed E-state index contributed by atoms with van der Waals surface area (Å²) in [6.07, 6.45) is 0. The Bertz CT molecular complexity index is 657. The zero-order valence-electron chi connectivity index (χ0n) is 8.12. The molecule has 0 fully saturated rings. The molecule has 15 heavy (non-hydrogen) atoms. The number of nitrogens with zero attached hydrogens (tertiary/aromatic N) is 1. The number of halogens is 1. The van der Waals surface area contributed by atoms with Crippen LogP contribution in [-0.4, -0.2) is 4.98 Å². The highest BCUT2D eigenvalue weighted by atomic mass is 79.9. The van der Waals surface area contributed by atoms with Crippen molar-refractivity contribution >= 4 is 48.3 Å². The van der Waals surface area contributed by atoms with E-state index in [1.807, 2.05) is 0 Å². The molecule has 1 nitrogen and oxygen atoms in total. The van der Waals surface area contributed by atoms with Crippen LogP contribution >= 0.6 is 27.3 Å². The molecule has 0 spiro atoms. The lowest BCUT2D eigenvalue weighted by atomic mass is 10.1. The van der Waals surface area contributed by atoms with E-state index in [1.165, 1.54) is 15.5 Å². The molecule has 2 aromatic carbocycles. The Hall–Kier alpha value is -0.930. The molecule has 0 aliphatic carbocycles. The standard InChI is InChI=1S/C12H8BrNS/c1-7-14-12-10-6-9(13)4-2-8(10)3-5-11(12)15-7/h2-6H,1H3. The summed E-state index contributed by atoms with van der Waals surface area (Å²) in [6, 6.07) is 10.6. The number of rotatable bonds is 0. The van der Waals surface area contributed by atoms with Gasteiger partial charge in [0, 0.05) is 9.86 Å². The fraction of sp³-hybridized carbons (Fsp3) is 0.0833. The van der Waals surface area contributed by atoms with Crippen LogP contribution in [0.15, 0.2) is 34.8 Å². The Labute approximate surface area is 99.9 Å². The normalized spacial score (nSPS) is 11.3. The van der Waals surface area contributed by atoms with Gasteiger partial charge in [0.05, 0.1) is 15.2 Å². The number of thiazole rings is 1. The molecule has 0 atom stereocenters. The maximum Gasteiger partial charge on any atom is 0.0908 e. The highest BCUT2D eigenvalue weighted by Crippen LogP contribution is 2.30. The fourth-order valence-electron chi connectivity index (χ4n) is 1.79. The van der Waals surface area contributed by atoms with E-state index in [0.29, 0.717) is 0 Å². The van der Waals surface area contributed by atoms with Crippen LogP contribution in [0.3, 0.4) is 0 Å². The van der Waals surface area contributed by atoms with E-state index < -0.39 is 0 Å². The molecule has 74 valence electrons. The number of aromatic nitrogens is 1. The van der Waals surface area contributed by atoms with Crippen LogP contribution in [0.4, 0.5) is 0 Å². The van der Waals surface area contributed by atoms with Crippen molar-refractivity contribution in [3.8, 4) is 0 Å². The highest BCUT2D eigenvalue weighted by molar-refractivity contribution is 9.10. The minimum atomic E-state index is 1.10. The average molecular weight is 278 g/mol. The zero-order chi connectivity index (χ0) is 10.4. The number of hydrogen-bond donors (Lipinski definition) is 0. The first kappa shape index (κ1) is 9.31. The minimum absolute atomic E-state index is 1.10. The molecule has 0 bridgehead atoms. The van der Waals surface area contributed by atoms with E-state index in [1.54, 1.807) is 11.3 Å². The molecule has 3 heteroatoms. The van der Waals surface area contributed by atoms with E-state index in [4.69, 9.17) is 0 Å². The summed E-state index contributed by atoms with van der Waals surface area (Å²) in [6.45, 7) is 2.05. The van der Waals surface area contributed by atoms with Crippen LogP contribution in [0, 0.1) is 6.92 Å². The Morgan fingerprint density at radius 3 is 2.87 bits per heavy atom. The largest absolute Gasteiger partial charge is 0.241 e. The van der Waals surface area contributed by atoms with E-state index in [0.717, 1.165) is 15.0 Å². The van der Waals surface area contributed by atoms with E-state index in [2.05, 4.69) is 58.2 Å². The highest BCUT2D eigenvalue weighted by Gasteiger charge is 2.05. The topological polar surface area (TPSA) is 12.9 Å². The SMILES string of the molecule is Cc1nc2c(ccc3ccc(Br)cc32)s1. The van der Waals surface area contributed by atoms with Crippen molar-refractivity contribution in [2.75, 3.05) is 0 Å². The number of fused-ring (bicyclic) bond motifs is 3. The van der Waals surface area contributed by atoms with Crippen molar-refractivity contribution in [2.45, 2.75) is 6.92 Å². The number of aryl methyl sites for hydroxylation is 1. The smallest absolute Gasteiger partial charge is 0.0908 e. The third kappa shape index (κ3) is 1.46. The van der Waals surface area contributed by atoms with Crippen LogP contribution in [0.1, 0.15) is 5.01 Å². The maximum absolute atomic E-state index is 4.58. The zero-order valence-corrected chi connectivity index (χ0v) is 10.5. The van der Waals surface area contributed by atoms with Gasteiger partial charge in [-0.05, 0) is 30.5 Å². The molecule has 0 N–H and O–H groups in total. The van der Waals surface area contributed by atoms with Crippen molar-refractivity contribution in [1.29, 1.82) is 0 Å². The first-order valence-corrected chi connectivity index (χ1v) is 6.30. The van der Waals surface area contributed by atoms with Gasteiger partial charge < -0.3 is 0 Å². The maximum atomic E-state index is 4.58. The van der Waals surface area contributed by atoms with Gasteiger partial charge >= 0.3 is 0 Å². The van der Waals surface area contributed by atoms with Gasteiger partial charge in [0.1, 0.15) is 0 Å². The molecule has 1 aromatic heterocycles. The van der Waals surface area contributed by atoms with Crippen LogP contribution in [-0.2, 0) is 0 Å². The van der Waals surface area contributed by atoms with E-state index in [-0.39, 0.29) is 0 Å². The van der Waals surface area contributed by atoms with Gasteiger partial charge in [0.25, 0.3) is 0 Å². The van der Waals surface area contributed by atoms with Gasteiger partial charge in [-0.1, -0.05) is 28.1 Å². The van der Waals surface area contributed by atoms with Gasteiger partial charge in [0.2, 0.25) is 0 Å². The molecule has 0 amide bonds. The van der Waals surface area contributed by atoms with Gasteiger partial charge in [0.15, 0.2) is 0 Å². The summed E-state index contributed by atoms with van der Waals surface area (Å²) >= 11 is 5.25. The lowest BCUT2D eigenvalue weighted by Crippen LogP contribution is -1.76. The molecular formula is C12H8BrNS. The molecule has 0 radical (unpaired) electrons. The van der Waals surface area contributed by atoms with Crippen molar-refractivity contribution in [3.05, 3.63) is 39.8 Å². The average Bonchev–Trinajstić information content (AvgIpc) is 2.58. The molecule has 1 heterocycles. The predicted molar refractivity (Wildman–Crippen MR) is 69.6 cm³/mol. The second kappa shape index (κ2) is 3.29. The second-order valence-corrected chi connectivity index (χ2v) is 5.66. The summed E-state index contributed by atoms with van der Waals surface area (Å²) < 4.78 is 2.37. The summed E-state index contributed by atoms with van der Waals surface area (Å²) in [5.41, 5.74) is 1.12. The second-order valence-electron chi connectivity index (χ2n) is 3.51. The van der Waals surface area contributed by atoms with Gasteiger partial charge in [-0.15, -0.1) is 11.3 Å². The third-order valence-electron chi connectivity index (χ3n) is 2.45. The quantitative estimate of drug-likeness (QED) is 0.589. The predicted octanol–water partition coefficient (Wildman–Crippen LogP) is 4.52. The lowest BCUT2D eigenvalue weighted by molar-refractivity contribution is 1.35. The van der Waals surface area contributed by atoms with Crippen LogP contribution in [0.2, 0.25) is 0 Å². The fourth-order valence-corrected chi connectivity index (χ4v) is 3.00. The molecule has 0 saturated carbocycles.